The molecule has 0 saturated heterocycles. The molecule has 0 unspecified atom stereocenters. The van der Waals surface area contributed by atoms with Gasteiger partial charge in [-0.05, 0) is 54.8 Å². The van der Waals surface area contributed by atoms with Gasteiger partial charge in [0.25, 0.3) is 23.2 Å². The van der Waals surface area contributed by atoms with Crippen LogP contribution in [0.4, 0.5) is 11.4 Å². The van der Waals surface area contributed by atoms with Gasteiger partial charge in [-0.15, -0.1) is 0 Å². The monoisotopic (exact) mass is 559 g/mol. The summed E-state index contributed by atoms with van der Waals surface area (Å²) in [5.41, 5.74) is 0.787. The van der Waals surface area contributed by atoms with E-state index < -0.39 is 21.5 Å². The summed E-state index contributed by atoms with van der Waals surface area (Å²) in [4.78, 5) is 59.4. The number of amides is 2. The molecule has 0 aromatic heterocycles. The van der Waals surface area contributed by atoms with Gasteiger partial charge >= 0.3 is 5.97 Å². The number of methoxy groups -OCH3 is 1. The topological polar surface area (TPSA) is 159 Å². The molecule has 41 heavy (non-hydrogen) atoms. The van der Waals surface area contributed by atoms with E-state index in [1.807, 2.05) is 0 Å². The van der Waals surface area contributed by atoms with Gasteiger partial charge in [-0.2, -0.15) is 0 Å². The Morgan fingerprint density at radius 2 is 1.56 bits per heavy atom. The number of hydrogen-bond donors (Lipinski definition) is 0. The standard InChI is InChI=1S/C29H25N3O9/c1-40-26-17-19(10-12-20-13-14-21(31(36)37)18-24(20)32(38)39)11-15-25(26)41-27(33)9-3-2-6-16-30-28(34)22-7-4-5-8-23(22)29(30)35/h4-5,7-8,10-15,17-18H,2-3,6,9,16H2,1H3/b12-10+. The quantitative estimate of drug-likeness (QED) is 0.0535. The first kappa shape index (κ1) is 28.6. The second kappa shape index (κ2) is 12.6. The number of imide groups is 1. The van der Waals surface area contributed by atoms with E-state index in [4.69, 9.17) is 9.47 Å². The van der Waals surface area contributed by atoms with Crippen LogP contribution in [-0.4, -0.2) is 46.2 Å². The molecular weight excluding hydrogens is 534 g/mol. The zero-order chi connectivity index (χ0) is 29.5. The van der Waals surface area contributed by atoms with E-state index in [1.165, 1.54) is 36.3 Å². The number of nitro benzene ring substituents is 2. The zero-order valence-electron chi connectivity index (χ0n) is 22.0. The Morgan fingerprint density at radius 1 is 0.854 bits per heavy atom. The highest BCUT2D eigenvalue weighted by Crippen LogP contribution is 2.31. The third-order valence-electron chi connectivity index (χ3n) is 6.43. The smallest absolute Gasteiger partial charge is 0.311 e. The molecule has 3 aromatic carbocycles. The largest absolute Gasteiger partial charge is 0.493 e. The van der Waals surface area contributed by atoms with Gasteiger partial charge in [0, 0.05) is 19.0 Å². The van der Waals surface area contributed by atoms with Crippen LogP contribution in [0.2, 0.25) is 0 Å². The molecular formula is C29H25N3O9. The van der Waals surface area contributed by atoms with Crippen LogP contribution >= 0.6 is 0 Å². The maximum atomic E-state index is 12.4. The van der Waals surface area contributed by atoms with Gasteiger partial charge in [0.05, 0.1) is 39.7 Å². The van der Waals surface area contributed by atoms with Crippen molar-refractivity contribution in [2.75, 3.05) is 13.7 Å². The second-order valence-corrected chi connectivity index (χ2v) is 9.09. The van der Waals surface area contributed by atoms with E-state index in [2.05, 4.69) is 0 Å². The third-order valence-corrected chi connectivity index (χ3v) is 6.43. The number of fused-ring (bicyclic) bond motifs is 1. The number of ether oxygens (including phenoxy) is 2. The second-order valence-electron chi connectivity index (χ2n) is 9.09. The van der Waals surface area contributed by atoms with E-state index in [9.17, 15) is 34.6 Å². The molecule has 2 amide bonds. The van der Waals surface area contributed by atoms with Crippen LogP contribution in [0.1, 0.15) is 57.5 Å². The molecule has 0 saturated carbocycles. The van der Waals surface area contributed by atoms with Crippen molar-refractivity contribution in [3.63, 3.8) is 0 Å². The first-order chi connectivity index (χ1) is 19.7. The minimum absolute atomic E-state index is 0.122. The highest BCUT2D eigenvalue weighted by Gasteiger charge is 2.34. The van der Waals surface area contributed by atoms with Crippen molar-refractivity contribution in [1.82, 2.24) is 4.90 Å². The Morgan fingerprint density at radius 3 is 2.20 bits per heavy atom. The highest BCUT2D eigenvalue weighted by molar-refractivity contribution is 6.21. The fourth-order valence-electron chi connectivity index (χ4n) is 4.33. The summed E-state index contributed by atoms with van der Waals surface area (Å²) in [6.07, 6.45) is 4.80. The van der Waals surface area contributed by atoms with Crippen LogP contribution in [0.3, 0.4) is 0 Å². The number of nitrogens with zero attached hydrogens (tertiary/aromatic N) is 3. The highest BCUT2D eigenvalue weighted by atomic mass is 16.6. The van der Waals surface area contributed by atoms with E-state index >= 15 is 0 Å². The molecule has 0 spiro atoms. The minimum Gasteiger partial charge on any atom is -0.493 e. The summed E-state index contributed by atoms with van der Waals surface area (Å²) < 4.78 is 10.8. The van der Waals surface area contributed by atoms with Gasteiger partial charge in [0.1, 0.15) is 0 Å². The van der Waals surface area contributed by atoms with Crippen LogP contribution in [-0.2, 0) is 4.79 Å². The van der Waals surface area contributed by atoms with Gasteiger partial charge < -0.3 is 9.47 Å². The lowest BCUT2D eigenvalue weighted by Gasteiger charge is -2.13. The zero-order valence-corrected chi connectivity index (χ0v) is 22.0. The predicted octanol–water partition coefficient (Wildman–Crippen LogP) is 5.44. The molecule has 1 aliphatic rings. The van der Waals surface area contributed by atoms with Crippen molar-refractivity contribution in [1.29, 1.82) is 0 Å². The van der Waals surface area contributed by atoms with Crippen molar-refractivity contribution in [3.8, 4) is 11.5 Å². The molecule has 0 aliphatic carbocycles. The van der Waals surface area contributed by atoms with E-state index in [0.717, 1.165) is 6.07 Å². The Kier molecular flexibility index (Phi) is 8.82. The van der Waals surface area contributed by atoms with Crippen LogP contribution in [0.5, 0.6) is 11.5 Å². The predicted molar refractivity (Wildman–Crippen MR) is 148 cm³/mol. The molecule has 1 aliphatic heterocycles. The third kappa shape index (κ3) is 6.61. The molecule has 0 radical (unpaired) electrons. The molecule has 12 nitrogen and oxygen atoms in total. The normalized spacial score (nSPS) is 12.5. The lowest BCUT2D eigenvalue weighted by molar-refractivity contribution is -0.394. The SMILES string of the molecule is COc1cc(/C=C/c2ccc([N+](=O)[O-])cc2[N+](=O)[O-])ccc1OC(=O)CCCCCN1C(=O)c2ccccc2C1=O. The average Bonchev–Trinajstić information content (AvgIpc) is 3.21. The lowest BCUT2D eigenvalue weighted by atomic mass is 10.1. The summed E-state index contributed by atoms with van der Waals surface area (Å²) in [6.45, 7) is 0.271. The molecule has 210 valence electrons. The molecule has 0 N–H and O–H groups in total. The number of carbonyl (C=O) groups excluding carboxylic acids is 3. The average molecular weight is 560 g/mol. The van der Waals surface area contributed by atoms with Crippen molar-refractivity contribution >= 4 is 41.3 Å². The first-order valence-electron chi connectivity index (χ1n) is 12.6. The molecule has 0 fully saturated rings. The van der Waals surface area contributed by atoms with Crippen LogP contribution < -0.4 is 9.47 Å². The molecule has 1 heterocycles. The number of carbonyl (C=O) groups is 3. The Labute approximate surface area is 234 Å². The Hall–Kier alpha value is -5.39. The van der Waals surface area contributed by atoms with E-state index in [0.29, 0.717) is 36.0 Å². The van der Waals surface area contributed by atoms with Crippen LogP contribution in [0.25, 0.3) is 12.2 Å². The number of unbranched alkanes of at least 4 members (excludes halogenated alkanes) is 2. The summed E-state index contributed by atoms with van der Waals surface area (Å²) in [6, 6.07) is 14.8. The Bertz CT molecular complexity index is 1530. The number of non-ortho nitro benzene ring substituents is 1. The summed E-state index contributed by atoms with van der Waals surface area (Å²) >= 11 is 0. The lowest BCUT2D eigenvalue weighted by Crippen LogP contribution is -2.30. The number of hydrogen-bond acceptors (Lipinski definition) is 9. The van der Waals surface area contributed by atoms with Crippen molar-refractivity contribution in [3.05, 3.63) is 103 Å². The Balaban J connectivity index is 1.29. The molecule has 12 heteroatoms. The number of rotatable bonds is 12. The van der Waals surface area contributed by atoms with Gasteiger partial charge in [0.15, 0.2) is 11.5 Å². The molecule has 0 atom stereocenters. The van der Waals surface area contributed by atoms with Crippen molar-refractivity contribution < 1.29 is 33.7 Å². The van der Waals surface area contributed by atoms with Gasteiger partial charge in [-0.25, -0.2) is 0 Å². The maximum absolute atomic E-state index is 12.4. The fourth-order valence-corrected chi connectivity index (χ4v) is 4.33. The fraction of sp³-hybridized carbons (Fsp3) is 0.207. The van der Waals surface area contributed by atoms with Gasteiger partial charge in [0.2, 0.25) is 0 Å². The van der Waals surface area contributed by atoms with Crippen LogP contribution in [0, 0.1) is 20.2 Å². The number of nitro groups is 2. The van der Waals surface area contributed by atoms with Gasteiger partial charge in [-0.1, -0.05) is 30.7 Å². The van der Waals surface area contributed by atoms with Crippen LogP contribution in [0.15, 0.2) is 60.7 Å². The number of esters is 1. The first-order valence-corrected chi connectivity index (χ1v) is 12.6. The minimum atomic E-state index is -0.705. The maximum Gasteiger partial charge on any atom is 0.311 e. The van der Waals surface area contributed by atoms with E-state index in [1.54, 1.807) is 42.5 Å². The molecule has 4 rings (SSSR count). The summed E-state index contributed by atoms with van der Waals surface area (Å²) in [7, 11) is 1.40. The van der Waals surface area contributed by atoms with Gasteiger partial charge in [-0.3, -0.25) is 39.5 Å². The molecule has 3 aromatic rings. The summed E-state index contributed by atoms with van der Waals surface area (Å²) in [5, 5.41) is 22.3. The van der Waals surface area contributed by atoms with E-state index in [-0.39, 0.29) is 47.5 Å². The van der Waals surface area contributed by atoms with Crippen molar-refractivity contribution in [2.24, 2.45) is 0 Å². The number of benzene rings is 3. The van der Waals surface area contributed by atoms with Crippen molar-refractivity contribution in [2.45, 2.75) is 25.7 Å². The molecule has 0 bridgehead atoms. The summed E-state index contributed by atoms with van der Waals surface area (Å²) in [5.74, 6) is -0.622.